The van der Waals surface area contributed by atoms with Crippen molar-refractivity contribution in [3.8, 4) is 0 Å². The third kappa shape index (κ3) is 2.28. The molecule has 2 aromatic rings. The van der Waals surface area contributed by atoms with E-state index in [2.05, 4.69) is 5.32 Å². The average molecular weight is 220 g/mol. The molecule has 0 atom stereocenters. The summed E-state index contributed by atoms with van der Waals surface area (Å²) in [5.74, 6) is 0. The summed E-state index contributed by atoms with van der Waals surface area (Å²) in [6, 6.07) is 14.0. The van der Waals surface area contributed by atoms with Crippen LogP contribution in [0.1, 0.15) is 5.56 Å². The molecular formula is C12H10ClNO. The summed E-state index contributed by atoms with van der Waals surface area (Å²) in [7, 11) is 0. The maximum absolute atomic E-state index is 10.6. The molecule has 2 aromatic carbocycles. The molecule has 0 bridgehead atoms. The SMILES string of the molecule is O=C(Cl)NCc1cccc2ccccc12. The Balaban J connectivity index is 2.38. The number of carbonyl (C=O) groups is 1. The maximum Gasteiger partial charge on any atom is 0.314 e. The van der Waals surface area contributed by atoms with E-state index < -0.39 is 5.37 Å². The molecule has 1 N–H and O–H groups in total. The minimum absolute atomic E-state index is 0.462. The van der Waals surface area contributed by atoms with Crippen LogP contribution in [0.4, 0.5) is 4.79 Å². The first kappa shape index (κ1) is 9.99. The summed E-state index contributed by atoms with van der Waals surface area (Å²) >= 11 is 5.23. The number of amides is 1. The zero-order valence-electron chi connectivity index (χ0n) is 8.03. The molecule has 0 fully saturated rings. The first-order valence-electron chi connectivity index (χ1n) is 4.67. The van der Waals surface area contributed by atoms with E-state index in [-0.39, 0.29) is 0 Å². The van der Waals surface area contributed by atoms with Crippen molar-refractivity contribution in [1.82, 2.24) is 5.32 Å². The topological polar surface area (TPSA) is 29.1 Å². The molecule has 0 spiro atoms. The molecule has 2 nitrogen and oxygen atoms in total. The van der Waals surface area contributed by atoms with Gasteiger partial charge in [0, 0.05) is 6.54 Å². The van der Waals surface area contributed by atoms with Gasteiger partial charge in [-0.2, -0.15) is 0 Å². The molecule has 0 aromatic heterocycles. The second-order valence-corrected chi connectivity index (χ2v) is 3.61. The first-order chi connectivity index (χ1) is 7.27. The van der Waals surface area contributed by atoms with Crippen molar-refractivity contribution in [3.05, 3.63) is 48.0 Å². The smallest absolute Gasteiger partial charge is 0.314 e. The Morgan fingerprint density at radius 2 is 1.87 bits per heavy atom. The van der Waals surface area contributed by atoms with Gasteiger partial charge < -0.3 is 5.32 Å². The molecule has 0 radical (unpaired) electrons. The minimum atomic E-state index is -0.525. The number of benzene rings is 2. The molecule has 76 valence electrons. The van der Waals surface area contributed by atoms with Crippen molar-refractivity contribution in [2.45, 2.75) is 6.54 Å². The lowest BCUT2D eigenvalue weighted by molar-refractivity contribution is 0.259. The fraction of sp³-hybridized carbons (Fsp3) is 0.0833. The van der Waals surface area contributed by atoms with Crippen LogP contribution in [0.5, 0.6) is 0 Å². The third-order valence-electron chi connectivity index (χ3n) is 2.30. The van der Waals surface area contributed by atoms with Crippen molar-refractivity contribution in [1.29, 1.82) is 0 Å². The summed E-state index contributed by atoms with van der Waals surface area (Å²) in [5, 5.41) is 4.36. The zero-order valence-corrected chi connectivity index (χ0v) is 8.79. The minimum Gasteiger partial charge on any atom is -0.338 e. The van der Waals surface area contributed by atoms with Gasteiger partial charge in [-0.1, -0.05) is 42.5 Å². The standard InChI is InChI=1S/C12H10ClNO/c13-12(15)14-8-10-6-3-5-9-4-1-2-7-11(9)10/h1-7H,8H2,(H,14,15). The normalized spacial score (nSPS) is 10.2. The molecule has 0 heterocycles. The second-order valence-electron chi connectivity index (χ2n) is 3.27. The first-order valence-corrected chi connectivity index (χ1v) is 5.05. The molecule has 0 aliphatic rings. The summed E-state index contributed by atoms with van der Waals surface area (Å²) in [6.45, 7) is 0.462. The van der Waals surface area contributed by atoms with Gasteiger partial charge in [0.05, 0.1) is 0 Å². The van der Waals surface area contributed by atoms with Crippen LogP contribution >= 0.6 is 11.6 Å². The van der Waals surface area contributed by atoms with E-state index in [0.717, 1.165) is 10.9 Å². The van der Waals surface area contributed by atoms with Crippen molar-refractivity contribution in [3.63, 3.8) is 0 Å². The molecule has 0 unspecified atom stereocenters. The van der Waals surface area contributed by atoms with Gasteiger partial charge in [0.25, 0.3) is 0 Å². The van der Waals surface area contributed by atoms with Crippen LogP contribution in [0.2, 0.25) is 0 Å². The Hall–Kier alpha value is -1.54. The van der Waals surface area contributed by atoms with Gasteiger partial charge in [-0.15, -0.1) is 0 Å². The highest BCUT2D eigenvalue weighted by molar-refractivity contribution is 6.62. The predicted molar refractivity (Wildman–Crippen MR) is 62.0 cm³/mol. The van der Waals surface area contributed by atoms with Gasteiger partial charge >= 0.3 is 5.37 Å². The van der Waals surface area contributed by atoms with E-state index in [9.17, 15) is 4.79 Å². The summed E-state index contributed by atoms with van der Waals surface area (Å²) in [4.78, 5) is 10.6. The summed E-state index contributed by atoms with van der Waals surface area (Å²) < 4.78 is 0. The highest BCUT2D eigenvalue weighted by atomic mass is 35.5. The van der Waals surface area contributed by atoms with E-state index >= 15 is 0 Å². The number of rotatable bonds is 2. The molecule has 0 aliphatic carbocycles. The summed E-state index contributed by atoms with van der Waals surface area (Å²) in [5.41, 5.74) is 1.07. The molecule has 3 heteroatoms. The molecule has 0 saturated heterocycles. The van der Waals surface area contributed by atoms with Crippen LogP contribution in [-0.2, 0) is 6.54 Å². The van der Waals surface area contributed by atoms with E-state index in [1.54, 1.807) is 0 Å². The third-order valence-corrected chi connectivity index (χ3v) is 2.43. The van der Waals surface area contributed by atoms with E-state index in [1.165, 1.54) is 5.39 Å². The average Bonchev–Trinajstić information content (AvgIpc) is 2.26. The Morgan fingerprint density at radius 3 is 2.67 bits per heavy atom. The number of carbonyl (C=O) groups excluding carboxylic acids is 1. The van der Waals surface area contributed by atoms with Crippen LogP contribution in [0.15, 0.2) is 42.5 Å². The lowest BCUT2D eigenvalue weighted by Gasteiger charge is -2.05. The van der Waals surface area contributed by atoms with Crippen LogP contribution in [0.3, 0.4) is 0 Å². The predicted octanol–water partition coefficient (Wildman–Crippen LogP) is 3.29. The van der Waals surface area contributed by atoms with Crippen molar-refractivity contribution in [2.24, 2.45) is 0 Å². The Bertz CT molecular complexity index is 490. The van der Waals surface area contributed by atoms with E-state index in [0.29, 0.717) is 6.54 Å². The second kappa shape index (κ2) is 4.32. The number of hydrogen-bond donors (Lipinski definition) is 1. The molecule has 1 amide bonds. The van der Waals surface area contributed by atoms with Gasteiger partial charge in [0.2, 0.25) is 0 Å². The lowest BCUT2D eigenvalue weighted by Crippen LogP contribution is -2.15. The number of fused-ring (bicyclic) bond motifs is 1. The monoisotopic (exact) mass is 219 g/mol. The van der Waals surface area contributed by atoms with Gasteiger partial charge in [0.15, 0.2) is 0 Å². The molecule has 0 saturated carbocycles. The van der Waals surface area contributed by atoms with Gasteiger partial charge in [-0.25, -0.2) is 0 Å². The molecule has 2 rings (SSSR count). The van der Waals surface area contributed by atoms with Crippen LogP contribution in [0.25, 0.3) is 10.8 Å². The lowest BCUT2D eigenvalue weighted by atomic mass is 10.0. The summed E-state index contributed by atoms with van der Waals surface area (Å²) in [6.07, 6.45) is 0. The maximum atomic E-state index is 10.6. The van der Waals surface area contributed by atoms with Crippen LogP contribution < -0.4 is 5.32 Å². The largest absolute Gasteiger partial charge is 0.338 e. The van der Waals surface area contributed by atoms with E-state index in [4.69, 9.17) is 11.6 Å². The molecular weight excluding hydrogens is 210 g/mol. The van der Waals surface area contributed by atoms with Gasteiger partial charge in [-0.3, -0.25) is 4.79 Å². The van der Waals surface area contributed by atoms with Crippen molar-refractivity contribution >= 4 is 27.7 Å². The van der Waals surface area contributed by atoms with E-state index in [1.807, 2.05) is 42.5 Å². The highest BCUT2D eigenvalue weighted by Crippen LogP contribution is 2.18. The molecule has 15 heavy (non-hydrogen) atoms. The Morgan fingerprint density at radius 1 is 1.13 bits per heavy atom. The number of hydrogen-bond acceptors (Lipinski definition) is 1. The van der Waals surface area contributed by atoms with Gasteiger partial charge in [-0.05, 0) is 27.9 Å². The quantitative estimate of drug-likeness (QED) is 0.610. The fourth-order valence-corrected chi connectivity index (χ4v) is 1.68. The Kier molecular flexibility index (Phi) is 2.88. The molecule has 0 aliphatic heterocycles. The highest BCUT2D eigenvalue weighted by Gasteiger charge is 2.00. The van der Waals surface area contributed by atoms with Crippen LogP contribution in [-0.4, -0.2) is 5.37 Å². The fourth-order valence-electron chi connectivity index (χ4n) is 1.61. The van der Waals surface area contributed by atoms with Gasteiger partial charge in [0.1, 0.15) is 0 Å². The van der Waals surface area contributed by atoms with Crippen molar-refractivity contribution < 1.29 is 4.79 Å². The van der Waals surface area contributed by atoms with Crippen LogP contribution in [0, 0.1) is 0 Å². The van der Waals surface area contributed by atoms with Crippen molar-refractivity contribution in [2.75, 3.05) is 0 Å². The zero-order chi connectivity index (χ0) is 10.7. The number of halogens is 1. The number of nitrogens with one attached hydrogen (secondary N) is 1. The Labute approximate surface area is 92.9 Å².